The van der Waals surface area contributed by atoms with Crippen LogP contribution in [0.2, 0.25) is 0 Å². The number of aromatic nitrogens is 2. The minimum absolute atomic E-state index is 0.287. The van der Waals surface area contributed by atoms with Crippen LogP contribution < -0.4 is 0 Å². The van der Waals surface area contributed by atoms with Crippen molar-refractivity contribution in [3.8, 4) is 6.07 Å². The van der Waals surface area contributed by atoms with Crippen molar-refractivity contribution < 1.29 is 4.21 Å². The van der Waals surface area contributed by atoms with E-state index in [4.69, 9.17) is 5.26 Å². The predicted molar refractivity (Wildman–Crippen MR) is 36.4 cm³/mol. The molecular formula is C5H5N3OS. The maximum Gasteiger partial charge on any atom is 0.163 e. The third-order valence-electron chi connectivity index (χ3n) is 0.944. The van der Waals surface area contributed by atoms with Crippen molar-refractivity contribution >= 4 is 11.0 Å². The fourth-order valence-corrected chi connectivity index (χ4v) is 0.945. The van der Waals surface area contributed by atoms with Crippen molar-refractivity contribution in [2.45, 2.75) is 0 Å². The van der Waals surface area contributed by atoms with Gasteiger partial charge < -0.3 is 0 Å². The normalized spacial score (nSPS) is 12.4. The molecule has 10 heavy (non-hydrogen) atoms. The molecule has 0 spiro atoms. The average Bonchev–Trinajstić information content (AvgIpc) is 2.34. The molecule has 0 radical (unpaired) electrons. The third-order valence-corrected chi connectivity index (χ3v) is 1.67. The quantitative estimate of drug-likeness (QED) is 0.568. The second kappa shape index (κ2) is 2.62. The molecule has 1 heterocycles. The number of hydrogen-bond donors (Lipinski definition) is 0. The topological polar surface area (TPSA) is 58.7 Å². The van der Waals surface area contributed by atoms with Gasteiger partial charge in [0.2, 0.25) is 0 Å². The van der Waals surface area contributed by atoms with Crippen LogP contribution in [0.4, 0.5) is 0 Å². The molecule has 0 bridgehead atoms. The van der Waals surface area contributed by atoms with Crippen LogP contribution >= 0.6 is 0 Å². The molecule has 0 aliphatic heterocycles. The van der Waals surface area contributed by atoms with Gasteiger partial charge in [-0.3, -0.25) is 0 Å². The van der Waals surface area contributed by atoms with E-state index in [0.717, 1.165) is 0 Å². The number of nitrogens with zero attached hydrogens (tertiary/aromatic N) is 3. The van der Waals surface area contributed by atoms with E-state index >= 15 is 0 Å². The summed E-state index contributed by atoms with van der Waals surface area (Å²) in [4.78, 5) is 0. The SMILES string of the molecule is CS(=O)n1ccc(C#N)n1. The van der Waals surface area contributed by atoms with E-state index < -0.39 is 11.0 Å². The van der Waals surface area contributed by atoms with Crippen molar-refractivity contribution in [2.24, 2.45) is 0 Å². The zero-order valence-corrected chi connectivity index (χ0v) is 6.13. The van der Waals surface area contributed by atoms with E-state index in [1.165, 1.54) is 22.6 Å². The number of hydrogen-bond acceptors (Lipinski definition) is 3. The predicted octanol–water partition coefficient (Wildman–Crippen LogP) is -0.104. The smallest absolute Gasteiger partial charge is 0.163 e. The molecule has 1 aromatic rings. The first-order valence-corrected chi connectivity index (χ1v) is 4.05. The fourth-order valence-electron chi connectivity index (χ4n) is 0.510. The molecule has 52 valence electrons. The molecule has 0 fully saturated rings. The molecule has 0 amide bonds. The summed E-state index contributed by atoms with van der Waals surface area (Å²) in [6, 6.07) is 3.35. The van der Waals surface area contributed by atoms with Gasteiger partial charge in [0.05, 0.1) is 0 Å². The Morgan fingerprint density at radius 3 is 2.90 bits per heavy atom. The molecule has 1 aromatic heterocycles. The van der Waals surface area contributed by atoms with Crippen LogP contribution in [-0.2, 0) is 11.0 Å². The van der Waals surface area contributed by atoms with E-state index in [2.05, 4.69) is 5.10 Å². The molecule has 1 unspecified atom stereocenters. The molecular weight excluding hydrogens is 150 g/mol. The van der Waals surface area contributed by atoms with Gasteiger partial charge in [0.15, 0.2) is 5.69 Å². The lowest BCUT2D eigenvalue weighted by atomic mass is 10.5. The number of nitriles is 1. The third kappa shape index (κ3) is 1.22. The Labute approximate surface area is 60.7 Å². The Morgan fingerprint density at radius 2 is 2.60 bits per heavy atom. The Morgan fingerprint density at radius 1 is 1.90 bits per heavy atom. The highest BCUT2D eigenvalue weighted by Gasteiger charge is 1.97. The molecule has 1 rings (SSSR count). The molecule has 1 atom stereocenters. The van der Waals surface area contributed by atoms with Crippen molar-refractivity contribution in [3.63, 3.8) is 0 Å². The standard InChI is InChI=1S/C5H5N3OS/c1-10(9)8-3-2-5(4-6)7-8/h2-3H,1H3. The van der Waals surface area contributed by atoms with E-state index in [9.17, 15) is 4.21 Å². The maximum atomic E-state index is 10.7. The molecule has 5 heteroatoms. The molecule has 4 nitrogen and oxygen atoms in total. The van der Waals surface area contributed by atoms with Crippen molar-refractivity contribution in [1.82, 2.24) is 9.19 Å². The Balaban J connectivity index is 3.02. The summed E-state index contributed by atoms with van der Waals surface area (Å²) in [7, 11) is -1.16. The largest absolute Gasteiger partial charge is 0.235 e. The second-order valence-electron chi connectivity index (χ2n) is 1.64. The Hall–Kier alpha value is -1.15. The van der Waals surface area contributed by atoms with Crippen LogP contribution in [0.3, 0.4) is 0 Å². The highest BCUT2D eigenvalue weighted by Crippen LogP contribution is 1.92. The lowest BCUT2D eigenvalue weighted by molar-refractivity contribution is 0.675. The summed E-state index contributed by atoms with van der Waals surface area (Å²) in [5, 5.41) is 12.0. The van der Waals surface area contributed by atoms with Gasteiger partial charge in [0.25, 0.3) is 0 Å². The molecule has 0 aliphatic carbocycles. The second-order valence-corrected chi connectivity index (χ2v) is 2.86. The van der Waals surface area contributed by atoms with Crippen LogP contribution in [0.1, 0.15) is 5.69 Å². The minimum atomic E-state index is -1.16. The van der Waals surface area contributed by atoms with Gasteiger partial charge in [-0.1, -0.05) is 0 Å². The summed E-state index contributed by atoms with van der Waals surface area (Å²) in [5.74, 6) is 0. The molecule has 0 N–H and O–H groups in total. The molecule has 0 aromatic carbocycles. The van der Waals surface area contributed by atoms with Gasteiger partial charge in [-0.2, -0.15) is 9.35 Å². The van der Waals surface area contributed by atoms with Gasteiger partial charge >= 0.3 is 0 Å². The van der Waals surface area contributed by atoms with Crippen LogP contribution in [-0.4, -0.2) is 19.7 Å². The average molecular weight is 155 g/mol. The van der Waals surface area contributed by atoms with Crippen LogP contribution in [0.25, 0.3) is 0 Å². The van der Waals surface area contributed by atoms with Crippen molar-refractivity contribution in [3.05, 3.63) is 18.0 Å². The first-order valence-electron chi connectivity index (χ1n) is 2.53. The molecule has 0 aliphatic rings. The first kappa shape index (κ1) is 6.96. The minimum Gasteiger partial charge on any atom is -0.235 e. The monoisotopic (exact) mass is 155 g/mol. The van der Waals surface area contributed by atoms with Crippen molar-refractivity contribution in [2.75, 3.05) is 6.26 Å². The highest BCUT2D eigenvalue weighted by molar-refractivity contribution is 7.82. The lowest BCUT2D eigenvalue weighted by Crippen LogP contribution is -2.01. The van der Waals surface area contributed by atoms with Crippen molar-refractivity contribution in [1.29, 1.82) is 5.26 Å². The first-order chi connectivity index (χ1) is 4.74. The Kier molecular flexibility index (Phi) is 1.83. The summed E-state index contributed by atoms with van der Waals surface area (Å²) >= 11 is 0. The van der Waals surface area contributed by atoms with Gasteiger partial charge in [0.1, 0.15) is 17.1 Å². The van der Waals surface area contributed by atoms with Crippen LogP contribution in [0.5, 0.6) is 0 Å². The van der Waals surface area contributed by atoms with Gasteiger partial charge in [0, 0.05) is 12.5 Å². The summed E-state index contributed by atoms with van der Waals surface area (Å²) in [6.45, 7) is 0. The fraction of sp³-hybridized carbons (Fsp3) is 0.200. The number of rotatable bonds is 1. The zero-order chi connectivity index (χ0) is 7.56. The van der Waals surface area contributed by atoms with E-state index in [0.29, 0.717) is 0 Å². The lowest BCUT2D eigenvalue weighted by Gasteiger charge is -1.89. The van der Waals surface area contributed by atoms with Gasteiger partial charge in [-0.05, 0) is 6.07 Å². The highest BCUT2D eigenvalue weighted by atomic mass is 32.2. The van der Waals surface area contributed by atoms with E-state index in [1.54, 1.807) is 0 Å². The van der Waals surface area contributed by atoms with Crippen LogP contribution in [0.15, 0.2) is 12.3 Å². The Bertz CT molecular complexity index is 298. The maximum absolute atomic E-state index is 10.7. The summed E-state index contributed by atoms with van der Waals surface area (Å²) < 4.78 is 11.9. The molecule has 0 saturated heterocycles. The zero-order valence-electron chi connectivity index (χ0n) is 5.31. The van der Waals surface area contributed by atoms with Gasteiger partial charge in [-0.25, -0.2) is 4.21 Å². The van der Waals surface area contributed by atoms with E-state index in [1.807, 2.05) is 6.07 Å². The van der Waals surface area contributed by atoms with Crippen LogP contribution in [0, 0.1) is 11.3 Å². The summed E-state index contributed by atoms with van der Waals surface area (Å²) in [5.41, 5.74) is 0.287. The van der Waals surface area contributed by atoms with E-state index in [-0.39, 0.29) is 5.69 Å². The molecule has 0 saturated carbocycles. The summed E-state index contributed by atoms with van der Waals surface area (Å²) in [6.07, 6.45) is 3.00. The van der Waals surface area contributed by atoms with Gasteiger partial charge in [-0.15, -0.1) is 5.10 Å².